The smallest absolute Gasteiger partial charge is 0.303 e. The minimum absolute atomic E-state index is 0.0319. The van der Waals surface area contributed by atoms with E-state index in [1.165, 1.54) is 6.92 Å². The van der Waals surface area contributed by atoms with Gasteiger partial charge in [0.1, 0.15) is 4.87 Å². The van der Waals surface area contributed by atoms with E-state index in [-0.39, 0.29) is 24.4 Å². The summed E-state index contributed by atoms with van der Waals surface area (Å²) in [7, 11) is 0. The van der Waals surface area contributed by atoms with Gasteiger partial charge in [0.25, 0.3) is 0 Å². The number of carboxylic acids is 1. The van der Waals surface area contributed by atoms with Gasteiger partial charge in [0.15, 0.2) is 5.78 Å². The lowest BCUT2D eigenvalue weighted by atomic mass is 10.0. The van der Waals surface area contributed by atoms with Crippen molar-refractivity contribution in [2.75, 3.05) is 5.75 Å². The Balaban J connectivity index is 3.96. The molecule has 0 heterocycles. The highest BCUT2D eigenvalue weighted by atomic mass is 35.5. The standard InChI is InChI=1S/C7H11ClO3S/c1-7(8,4-12)5(9)2-3-6(10)11/h12H,2-4H2,1H3,(H,10,11). The topological polar surface area (TPSA) is 54.4 Å². The second-order valence-electron chi connectivity index (χ2n) is 2.67. The van der Waals surface area contributed by atoms with Crippen molar-refractivity contribution < 1.29 is 14.7 Å². The number of alkyl halides is 1. The van der Waals surface area contributed by atoms with Crippen LogP contribution in [0.2, 0.25) is 0 Å². The van der Waals surface area contributed by atoms with Gasteiger partial charge >= 0.3 is 5.97 Å². The van der Waals surface area contributed by atoms with Crippen molar-refractivity contribution in [3.05, 3.63) is 0 Å². The summed E-state index contributed by atoms with van der Waals surface area (Å²) in [6.45, 7) is 1.53. The van der Waals surface area contributed by atoms with Crippen molar-refractivity contribution in [2.24, 2.45) is 0 Å². The third-order valence-electron chi connectivity index (χ3n) is 1.44. The SMILES string of the molecule is CC(Cl)(CS)C(=O)CCC(=O)O. The molecule has 0 bridgehead atoms. The fraction of sp³-hybridized carbons (Fsp3) is 0.714. The van der Waals surface area contributed by atoms with Crippen LogP contribution in [0.25, 0.3) is 0 Å². The van der Waals surface area contributed by atoms with E-state index in [1.54, 1.807) is 0 Å². The van der Waals surface area contributed by atoms with Crippen LogP contribution in [-0.2, 0) is 9.59 Å². The van der Waals surface area contributed by atoms with Gasteiger partial charge in [-0.05, 0) is 6.92 Å². The molecule has 70 valence electrons. The molecule has 1 unspecified atom stereocenters. The van der Waals surface area contributed by atoms with Gasteiger partial charge in [-0.25, -0.2) is 0 Å². The van der Waals surface area contributed by atoms with E-state index < -0.39 is 10.8 Å². The van der Waals surface area contributed by atoms with Crippen LogP contribution in [0.5, 0.6) is 0 Å². The molecule has 0 saturated carbocycles. The van der Waals surface area contributed by atoms with Crippen molar-refractivity contribution in [3.8, 4) is 0 Å². The second-order valence-corrected chi connectivity index (χ2v) is 3.82. The van der Waals surface area contributed by atoms with E-state index in [1.807, 2.05) is 0 Å². The third-order valence-corrected chi connectivity index (χ3v) is 2.61. The Bertz CT molecular complexity index is 191. The average Bonchev–Trinajstić information content (AvgIpc) is 2.00. The molecule has 0 saturated heterocycles. The molecule has 5 heteroatoms. The summed E-state index contributed by atoms with van der Waals surface area (Å²) < 4.78 is 0. The van der Waals surface area contributed by atoms with Crippen molar-refractivity contribution in [1.29, 1.82) is 0 Å². The van der Waals surface area contributed by atoms with Crippen LogP contribution in [0, 0.1) is 0 Å². The van der Waals surface area contributed by atoms with Gasteiger partial charge in [0.05, 0.1) is 6.42 Å². The molecule has 3 nitrogen and oxygen atoms in total. The van der Waals surface area contributed by atoms with Gasteiger partial charge in [-0.2, -0.15) is 12.6 Å². The number of carboxylic acid groups (broad SMARTS) is 1. The molecule has 0 aromatic heterocycles. The highest BCUT2D eigenvalue weighted by Crippen LogP contribution is 2.19. The van der Waals surface area contributed by atoms with Crippen LogP contribution in [-0.4, -0.2) is 27.5 Å². The molecule has 0 fully saturated rings. The number of rotatable bonds is 5. The second kappa shape index (κ2) is 4.72. The summed E-state index contributed by atoms with van der Waals surface area (Å²) in [6, 6.07) is 0. The average molecular weight is 211 g/mol. The molecule has 0 spiro atoms. The Kier molecular flexibility index (Phi) is 4.63. The predicted octanol–water partition coefficient (Wildman–Crippen LogP) is 1.35. The van der Waals surface area contributed by atoms with Crippen LogP contribution in [0.15, 0.2) is 0 Å². The van der Waals surface area contributed by atoms with Crippen molar-refractivity contribution in [2.45, 2.75) is 24.6 Å². The van der Waals surface area contributed by atoms with Crippen LogP contribution in [0.3, 0.4) is 0 Å². The predicted molar refractivity (Wildman–Crippen MR) is 50.0 cm³/mol. The zero-order valence-electron chi connectivity index (χ0n) is 6.71. The highest BCUT2D eigenvalue weighted by Gasteiger charge is 2.28. The Hall–Kier alpha value is -0.220. The van der Waals surface area contributed by atoms with Gasteiger partial charge in [-0.15, -0.1) is 11.6 Å². The largest absolute Gasteiger partial charge is 0.481 e. The fourth-order valence-electron chi connectivity index (χ4n) is 0.569. The van der Waals surface area contributed by atoms with Crippen molar-refractivity contribution >= 4 is 36.0 Å². The summed E-state index contributed by atoms with van der Waals surface area (Å²) >= 11 is 9.62. The Morgan fingerprint density at radius 2 is 2.00 bits per heavy atom. The number of halogens is 1. The van der Waals surface area contributed by atoms with E-state index in [4.69, 9.17) is 16.7 Å². The first-order chi connectivity index (χ1) is 5.40. The minimum atomic E-state index is -1.03. The van der Waals surface area contributed by atoms with Gasteiger partial charge in [0, 0.05) is 12.2 Å². The quantitative estimate of drug-likeness (QED) is 0.532. The highest BCUT2D eigenvalue weighted by molar-refractivity contribution is 7.80. The number of hydrogen-bond donors (Lipinski definition) is 2. The summed E-state index contributed by atoms with van der Waals surface area (Å²) in [5.74, 6) is -1.05. The van der Waals surface area contributed by atoms with Crippen molar-refractivity contribution in [3.63, 3.8) is 0 Å². The Morgan fingerprint density at radius 3 is 2.33 bits per heavy atom. The molecular weight excluding hydrogens is 200 g/mol. The van der Waals surface area contributed by atoms with E-state index in [0.717, 1.165) is 0 Å². The maximum atomic E-state index is 11.2. The number of carbonyl (C=O) groups excluding carboxylic acids is 1. The molecule has 0 aliphatic rings. The first-order valence-corrected chi connectivity index (χ1v) is 4.46. The minimum Gasteiger partial charge on any atom is -0.481 e. The summed E-state index contributed by atoms with van der Waals surface area (Å²) in [5, 5.41) is 8.29. The zero-order chi connectivity index (χ0) is 9.78. The van der Waals surface area contributed by atoms with Gasteiger partial charge in [-0.1, -0.05) is 0 Å². The van der Waals surface area contributed by atoms with Crippen LogP contribution < -0.4 is 0 Å². The maximum absolute atomic E-state index is 11.2. The van der Waals surface area contributed by atoms with Gasteiger partial charge < -0.3 is 5.11 Å². The van der Waals surface area contributed by atoms with Gasteiger partial charge in [-0.3, -0.25) is 9.59 Å². The number of hydrogen-bond acceptors (Lipinski definition) is 3. The number of Topliss-reactive ketones (excluding diaryl/α,β-unsaturated/α-hetero) is 1. The molecule has 0 aromatic rings. The summed E-state index contributed by atoms with van der Waals surface area (Å²) in [6.07, 6.45) is -0.204. The summed E-state index contributed by atoms with van der Waals surface area (Å²) in [5.41, 5.74) is 0. The lowest BCUT2D eigenvalue weighted by Crippen LogP contribution is -2.31. The molecule has 0 rings (SSSR count). The molecule has 0 aliphatic heterocycles. The van der Waals surface area contributed by atoms with Crippen molar-refractivity contribution in [1.82, 2.24) is 0 Å². The van der Waals surface area contributed by atoms with E-state index >= 15 is 0 Å². The van der Waals surface area contributed by atoms with Gasteiger partial charge in [0.2, 0.25) is 0 Å². The lowest BCUT2D eigenvalue weighted by molar-refractivity contribution is -0.138. The molecule has 0 aromatic carbocycles. The number of ketones is 1. The monoisotopic (exact) mass is 210 g/mol. The molecule has 0 radical (unpaired) electrons. The van der Waals surface area contributed by atoms with Crippen LogP contribution in [0.1, 0.15) is 19.8 Å². The first kappa shape index (κ1) is 11.8. The lowest BCUT2D eigenvalue weighted by Gasteiger charge is -2.16. The van der Waals surface area contributed by atoms with Crippen LogP contribution >= 0.6 is 24.2 Å². The molecular formula is C7H11ClO3S. The molecule has 0 amide bonds. The molecule has 1 atom stereocenters. The Morgan fingerprint density at radius 1 is 1.50 bits per heavy atom. The number of aliphatic carboxylic acids is 1. The van der Waals surface area contributed by atoms with Crippen LogP contribution in [0.4, 0.5) is 0 Å². The Labute approximate surface area is 81.5 Å². The molecule has 1 N–H and O–H groups in total. The third kappa shape index (κ3) is 3.97. The molecule has 12 heavy (non-hydrogen) atoms. The maximum Gasteiger partial charge on any atom is 0.303 e. The van der Waals surface area contributed by atoms with E-state index in [0.29, 0.717) is 0 Å². The van der Waals surface area contributed by atoms with E-state index in [2.05, 4.69) is 12.6 Å². The fourth-order valence-corrected chi connectivity index (χ4v) is 0.840. The zero-order valence-corrected chi connectivity index (χ0v) is 8.36. The first-order valence-electron chi connectivity index (χ1n) is 3.45. The number of carbonyl (C=O) groups is 2. The van der Waals surface area contributed by atoms with E-state index in [9.17, 15) is 9.59 Å². The summed E-state index contributed by atoms with van der Waals surface area (Å²) in [4.78, 5) is 20.2. The number of thiol groups is 1. The normalized spacial score (nSPS) is 15.2. The molecule has 0 aliphatic carbocycles.